The molecule has 0 amide bonds. The summed E-state index contributed by atoms with van der Waals surface area (Å²) in [7, 11) is 0. The van der Waals surface area contributed by atoms with Crippen molar-refractivity contribution in [2.24, 2.45) is 0 Å². The van der Waals surface area contributed by atoms with E-state index in [0.717, 1.165) is 11.0 Å². The van der Waals surface area contributed by atoms with Gasteiger partial charge in [0.25, 0.3) is 0 Å². The molecule has 0 aliphatic heterocycles. The van der Waals surface area contributed by atoms with Gasteiger partial charge < -0.3 is 5.32 Å². The van der Waals surface area contributed by atoms with Gasteiger partial charge in [0.1, 0.15) is 0 Å². The van der Waals surface area contributed by atoms with Gasteiger partial charge in [-0.2, -0.15) is 0 Å². The van der Waals surface area contributed by atoms with E-state index in [-0.39, 0.29) is 0 Å². The van der Waals surface area contributed by atoms with Crippen molar-refractivity contribution in [1.29, 1.82) is 0 Å². The number of aromatic nitrogens is 1. The van der Waals surface area contributed by atoms with E-state index in [9.17, 15) is 0 Å². The van der Waals surface area contributed by atoms with E-state index in [1.54, 1.807) is 0 Å². The summed E-state index contributed by atoms with van der Waals surface area (Å²) in [6.07, 6.45) is 3.85. The van der Waals surface area contributed by atoms with Crippen LogP contribution in [0.15, 0.2) is 53.3 Å². The summed E-state index contributed by atoms with van der Waals surface area (Å²) >= 11 is 3.54. The van der Waals surface area contributed by atoms with Gasteiger partial charge in [0.2, 0.25) is 0 Å². The lowest BCUT2D eigenvalue weighted by molar-refractivity contribution is 1.12. The molecule has 0 saturated heterocycles. The lowest BCUT2D eigenvalue weighted by Crippen LogP contribution is -2.04. The molecule has 0 unspecified atom stereocenters. The Morgan fingerprint density at radius 2 is 1.76 bits per heavy atom. The Morgan fingerprint density at radius 3 is 2.52 bits per heavy atom. The molecular formula is C18H17BrN2. The largest absolute Gasteiger partial charge is 0.380 e. The van der Waals surface area contributed by atoms with Crippen LogP contribution in [0.3, 0.4) is 0 Å². The second kappa shape index (κ2) is 5.86. The smallest absolute Gasteiger partial charge is 0.0422 e. The number of aryl methyl sites for hydroxylation is 2. The highest BCUT2D eigenvalue weighted by Gasteiger charge is 2.06. The maximum atomic E-state index is 4.34. The highest BCUT2D eigenvalue weighted by atomic mass is 79.9. The van der Waals surface area contributed by atoms with E-state index in [4.69, 9.17) is 0 Å². The van der Waals surface area contributed by atoms with Crippen molar-refractivity contribution >= 4 is 32.4 Å². The summed E-state index contributed by atoms with van der Waals surface area (Å²) in [5.41, 5.74) is 4.91. The number of nitrogens with one attached hydrogen (secondary N) is 1. The molecule has 3 heteroatoms. The standard InChI is InChI=1S/C18H17BrN2/c1-12-7-16(19)8-13(2)18(12)21-11-15-10-20-9-14-5-3-4-6-17(14)15/h3-10,21H,11H2,1-2H3. The van der Waals surface area contributed by atoms with Crippen LogP contribution in [0.5, 0.6) is 0 Å². The quantitative estimate of drug-likeness (QED) is 0.706. The summed E-state index contributed by atoms with van der Waals surface area (Å²) in [6, 6.07) is 12.6. The van der Waals surface area contributed by atoms with Gasteiger partial charge in [0, 0.05) is 34.5 Å². The molecule has 1 N–H and O–H groups in total. The first-order chi connectivity index (χ1) is 10.1. The number of anilines is 1. The van der Waals surface area contributed by atoms with E-state index < -0.39 is 0 Å². The SMILES string of the molecule is Cc1cc(Br)cc(C)c1NCc1cncc2ccccc12. The predicted octanol–water partition coefficient (Wildman–Crippen LogP) is 5.23. The number of hydrogen-bond donors (Lipinski definition) is 1. The van der Waals surface area contributed by atoms with Gasteiger partial charge in [-0.3, -0.25) is 4.98 Å². The van der Waals surface area contributed by atoms with Crippen LogP contribution in [-0.2, 0) is 6.54 Å². The van der Waals surface area contributed by atoms with Crippen LogP contribution < -0.4 is 5.32 Å². The number of halogens is 1. The van der Waals surface area contributed by atoms with E-state index >= 15 is 0 Å². The Morgan fingerprint density at radius 1 is 1.05 bits per heavy atom. The van der Waals surface area contributed by atoms with Gasteiger partial charge in [-0.05, 0) is 48.1 Å². The summed E-state index contributed by atoms with van der Waals surface area (Å²) in [4.78, 5) is 4.34. The van der Waals surface area contributed by atoms with Gasteiger partial charge in [0.15, 0.2) is 0 Å². The number of hydrogen-bond acceptors (Lipinski definition) is 2. The van der Waals surface area contributed by atoms with Gasteiger partial charge in [-0.1, -0.05) is 40.2 Å². The average Bonchev–Trinajstić information content (AvgIpc) is 2.46. The molecule has 0 radical (unpaired) electrons. The number of pyridine rings is 1. The molecule has 0 bridgehead atoms. The van der Waals surface area contributed by atoms with Crippen LogP contribution in [0.25, 0.3) is 10.8 Å². The first-order valence-electron chi connectivity index (χ1n) is 6.97. The first kappa shape index (κ1) is 14.1. The van der Waals surface area contributed by atoms with Crippen LogP contribution in [0.4, 0.5) is 5.69 Å². The van der Waals surface area contributed by atoms with E-state index in [0.29, 0.717) is 0 Å². The summed E-state index contributed by atoms with van der Waals surface area (Å²) in [5.74, 6) is 0. The Hall–Kier alpha value is -1.87. The number of benzene rings is 2. The molecule has 21 heavy (non-hydrogen) atoms. The minimum absolute atomic E-state index is 0.775. The fraction of sp³-hybridized carbons (Fsp3) is 0.167. The Labute approximate surface area is 133 Å². The Kier molecular flexibility index (Phi) is 3.93. The van der Waals surface area contributed by atoms with Gasteiger partial charge in [-0.25, -0.2) is 0 Å². The molecule has 2 aromatic carbocycles. The maximum Gasteiger partial charge on any atom is 0.0422 e. The van der Waals surface area contributed by atoms with Crippen molar-refractivity contribution in [2.75, 3.05) is 5.32 Å². The zero-order chi connectivity index (χ0) is 14.8. The Bertz CT molecular complexity index is 768. The number of nitrogens with zero attached hydrogens (tertiary/aromatic N) is 1. The van der Waals surface area contributed by atoms with E-state index in [1.165, 1.54) is 33.2 Å². The molecule has 2 nitrogen and oxygen atoms in total. The zero-order valence-electron chi connectivity index (χ0n) is 12.2. The van der Waals surface area contributed by atoms with E-state index in [1.807, 2.05) is 18.5 Å². The zero-order valence-corrected chi connectivity index (χ0v) is 13.7. The average molecular weight is 341 g/mol. The molecule has 106 valence electrons. The number of rotatable bonds is 3. The summed E-state index contributed by atoms with van der Waals surface area (Å²) < 4.78 is 1.12. The molecule has 1 aromatic heterocycles. The molecule has 0 aliphatic carbocycles. The van der Waals surface area contributed by atoms with Crippen LogP contribution in [0.1, 0.15) is 16.7 Å². The van der Waals surface area contributed by atoms with Crippen LogP contribution in [-0.4, -0.2) is 4.98 Å². The lowest BCUT2D eigenvalue weighted by atomic mass is 10.1. The van der Waals surface area contributed by atoms with Gasteiger partial charge in [-0.15, -0.1) is 0 Å². The third kappa shape index (κ3) is 2.93. The molecule has 0 fully saturated rings. The molecule has 0 atom stereocenters. The lowest BCUT2D eigenvalue weighted by Gasteiger charge is -2.14. The maximum absolute atomic E-state index is 4.34. The van der Waals surface area contributed by atoms with Crippen LogP contribution in [0, 0.1) is 13.8 Å². The third-order valence-electron chi connectivity index (χ3n) is 3.70. The van der Waals surface area contributed by atoms with Crippen molar-refractivity contribution in [3.8, 4) is 0 Å². The third-order valence-corrected chi connectivity index (χ3v) is 4.16. The van der Waals surface area contributed by atoms with Crippen molar-refractivity contribution in [1.82, 2.24) is 4.98 Å². The highest BCUT2D eigenvalue weighted by molar-refractivity contribution is 9.10. The van der Waals surface area contributed by atoms with Crippen molar-refractivity contribution in [3.05, 3.63) is 70.0 Å². The molecule has 0 aliphatic rings. The van der Waals surface area contributed by atoms with Crippen LogP contribution in [0.2, 0.25) is 0 Å². The molecule has 3 rings (SSSR count). The molecule has 1 heterocycles. The first-order valence-corrected chi connectivity index (χ1v) is 7.76. The minimum Gasteiger partial charge on any atom is -0.380 e. The summed E-state index contributed by atoms with van der Waals surface area (Å²) in [5, 5.41) is 5.99. The van der Waals surface area contributed by atoms with Gasteiger partial charge in [0.05, 0.1) is 0 Å². The molecular weight excluding hydrogens is 324 g/mol. The molecule has 0 spiro atoms. The highest BCUT2D eigenvalue weighted by Crippen LogP contribution is 2.26. The fourth-order valence-corrected chi connectivity index (χ4v) is 3.38. The van der Waals surface area contributed by atoms with Crippen molar-refractivity contribution in [2.45, 2.75) is 20.4 Å². The van der Waals surface area contributed by atoms with E-state index in [2.05, 4.69) is 70.4 Å². The van der Waals surface area contributed by atoms with Crippen LogP contribution >= 0.6 is 15.9 Å². The second-order valence-electron chi connectivity index (χ2n) is 5.29. The van der Waals surface area contributed by atoms with Crippen molar-refractivity contribution in [3.63, 3.8) is 0 Å². The van der Waals surface area contributed by atoms with Crippen molar-refractivity contribution < 1.29 is 0 Å². The monoisotopic (exact) mass is 340 g/mol. The minimum atomic E-state index is 0.775. The normalized spacial score (nSPS) is 10.8. The van der Waals surface area contributed by atoms with Gasteiger partial charge >= 0.3 is 0 Å². The molecule has 0 saturated carbocycles. The topological polar surface area (TPSA) is 24.9 Å². The second-order valence-corrected chi connectivity index (χ2v) is 6.20. The molecule has 3 aromatic rings. The fourth-order valence-electron chi connectivity index (χ4n) is 2.69. The predicted molar refractivity (Wildman–Crippen MR) is 92.7 cm³/mol. The Balaban J connectivity index is 1.91. The summed E-state index contributed by atoms with van der Waals surface area (Å²) in [6.45, 7) is 5.03. The number of fused-ring (bicyclic) bond motifs is 1.